The number of carbonyl (C=O) groups is 1. The summed E-state index contributed by atoms with van der Waals surface area (Å²) in [6.07, 6.45) is 8.21. The molecule has 1 amide bonds. The summed E-state index contributed by atoms with van der Waals surface area (Å²) in [7, 11) is 0. The smallest absolute Gasteiger partial charge is 0.223 e. The average molecular weight is 230 g/mol. The standard InChI is InChI=1S/C12H20ClNO/c13-11-7-2-1-4-10(11)8-14-12(15)9-5-3-6-9/h9-11H,1-8H2,(H,14,15). The third-order valence-electron chi connectivity index (χ3n) is 3.83. The minimum absolute atomic E-state index is 0.260. The molecular weight excluding hydrogens is 210 g/mol. The Morgan fingerprint density at radius 3 is 2.47 bits per heavy atom. The summed E-state index contributed by atoms with van der Waals surface area (Å²) in [4.78, 5) is 11.6. The van der Waals surface area contributed by atoms with Crippen LogP contribution in [-0.4, -0.2) is 17.8 Å². The van der Waals surface area contributed by atoms with Crippen LogP contribution in [0.15, 0.2) is 0 Å². The molecule has 2 aliphatic rings. The van der Waals surface area contributed by atoms with Gasteiger partial charge in [0.25, 0.3) is 0 Å². The Bertz CT molecular complexity index is 228. The molecule has 0 aromatic rings. The average Bonchev–Trinajstić information content (AvgIpc) is 2.14. The maximum Gasteiger partial charge on any atom is 0.223 e. The van der Waals surface area contributed by atoms with Crippen LogP contribution in [0.2, 0.25) is 0 Å². The van der Waals surface area contributed by atoms with Crippen molar-refractivity contribution >= 4 is 17.5 Å². The van der Waals surface area contributed by atoms with E-state index in [0.717, 1.165) is 25.8 Å². The van der Waals surface area contributed by atoms with Crippen LogP contribution in [0.1, 0.15) is 44.9 Å². The predicted octanol–water partition coefficient (Wildman–Crippen LogP) is 2.70. The van der Waals surface area contributed by atoms with Crippen molar-refractivity contribution in [3.8, 4) is 0 Å². The summed E-state index contributed by atoms with van der Waals surface area (Å²) < 4.78 is 0. The monoisotopic (exact) mass is 229 g/mol. The van der Waals surface area contributed by atoms with Gasteiger partial charge in [0.05, 0.1) is 0 Å². The number of amides is 1. The molecule has 2 aliphatic carbocycles. The van der Waals surface area contributed by atoms with E-state index in [0.29, 0.717) is 11.8 Å². The lowest BCUT2D eigenvalue weighted by atomic mass is 9.84. The van der Waals surface area contributed by atoms with Gasteiger partial charge in [-0.25, -0.2) is 0 Å². The molecule has 2 nitrogen and oxygen atoms in total. The van der Waals surface area contributed by atoms with E-state index in [-0.39, 0.29) is 11.3 Å². The van der Waals surface area contributed by atoms with Crippen LogP contribution < -0.4 is 5.32 Å². The van der Waals surface area contributed by atoms with E-state index < -0.39 is 0 Å². The SMILES string of the molecule is O=C(NCC1CCCCC1Cl)C1CCC1. The van der Waals surface area contributed by atoms with Gasteiger partial charge in [-0.2, -0.15) is 0 Å². The molecule has 2 fully saturated rings. The zero-order valence-corrected chi connectivity index (χ0v) is 9.93. The second-order valence-corrected chi connectivity index (χ2v) is 5.49. The largest absolute Gasteiger partial charge is 0.356 e. The molecule has 0 radical (unpaired) electrons. The summed E-state index contributed by atoms with van der Waals surface area (Å²) in [5.74, 6) is 1.07. The Morgan fingerprint density at radius 2 is 1.87 bits per heavy atom. The van der Waals surface area contributed by atoms with Gasteiger partial charge >= 0.3 is 0 Å². The summed E-state index contributed by atoms with van der Waals surface area (Å²) in [6, 6.07) is 0. The van der Waals surface area contributed by atoms with Crippen molar-refractivity contribution in [1.29, 1.82) is 0 Å². The topological polar surface area (TPSA) is 29.1 Å². The molecule has 2 saturated carbocycles. The highest BCUT2D eigenvalue weighted by Crippen LogP contribution is 2.29. The summed E-state index contributed by atoms with van der Waals surface area (Å²) in [5.41, 5.74) is 0. The first-order valence-electron chi connectivity index (χ1n) is 6.19. The molecule has 0 aromatic heterocycles. The number of carbonyl (C=O) groups excluding carboxylic acids is 1. The van der Waals surface area contributed by atoms with Crippen molar-refractivity contribution < 1.29 is 4.79 Å². The van der Waals surface area contributed by atoms with Crippen LogP contribution in [0.25, 0.3) is 0 Å². The number of nitrogens with one attached hydrogen (secondary N) is 1. The molecule has 0 saturated heterocycles. The van der Waals surface area contributed by atoms with E-state index in [2.05, 4.69) is 5.32 Å². The fourth-order valence-electron chi connectivity index (χ4n) is 2.44. The van der Waals surface area contributed by atoms with Crippen LogP contribution in [0.5, 0.6) is 0 Å². The normalized spacial score (nSPS) is 32.1. The van der Waals surface area contributed by atoms with Crippen molar-refractivity contribution in [3.63, 3.8) is 0 Å². The molecule has 0 spiro atoms. The molecule has 2 unspecified atom stereocenters. The maximum absolute atomic E-state index is 11.6. The van der Waals surface area contributed by atoms with E-state index in [1.807, 2.05) is 0 Å². The van der Waals surface area contributed by atoms with E-state index in [1.54, 1.807) is 0 Å². The van der Waals surface area contributed by atoms with E-state index in [1.165, 1.54) is 25.7 Å². The molecule has 1 N–H and O–H groups in total. The second kappa shape index (κ2) is 5.20. The van der Waals surface area contributed by atoms with Crippen molar-refractivity contribution in [3.05, 3.63) is 0 Å². The number of rotatable bonds is 3. The predicted molar refractivity (Wildman–Crippen MR) is 61.9 cm³/mol. The van der Waals surface area contributed by atoms with E-state index >= 15 is 0 Å². The molecule has 2 rings (SSSR count). The van der Waals surface area contributed by atoms with Gasteiger partial charge in [0, 0.05) is 17.8 Å². The molecule has 0 aromatic carbocycles. The van der Waals surface area contributed by atoms with E-state index in [4.69, 9.17) is 11.6 Å². The van der Waals surface area contributed by atoms with Crippen LogP contribution >= 0.6 is 11.6 Å². The van der Waals surface area contributed by atoms with Crippen molar-refractivity contribution in [2.75, 3.05) is 6.54 Å². The fraction of sp³-hybridized carbons (Fsp3) is 0.917. The molecule has 0 heterocycles. The van der Waals surface area contributed by atoms with Gasteiger partial charge in [0.1, 0.15) is 0 Å². The molecule has 3 heteroatoms. The molecule has 0 aliphatic heterocycles. The van der Waals surface area contributed by atoms with Gasteiger partial charge in [0.15, 0.2) is 0 Å². The number of hydrogen-bond acceptors (Lipinski definition) is 1. The van der Waals surface area contributed by atoms with Crippen molar-refractivity contribution in [2.24, 2.45) is 11.8 Å². The highest BCUT2D eigenvalue weighted by Gasteiger charge is 2.27. The first kappa shape index (κ1) is 11.3. The zero-order chi connectivity index (χ0) is 10.7. The van der Waals surface area contributed by atoms with Gasteiger partial charge < -0.3 is 5.32 Å². The highest BCUT2D eigenvalue weighted by molar-refractivity contribution is 6.20. The van der Waals surface area contributed by atoms with Gasteiger partial charge in [-0.05, 0) is 31.6 Å². The summed E-state index contributed by atoms with van der Waals surface area (Å²) in [5, 5.41) is 3.34. The van der Waals surface area contributed by atoms with Crippen molar-refractivity contribution in [1.82, 2.24) is 5.32 Å². The van der Waals surface area contributed by atoms with E-state index in [9.17, 15) is 4.79 Å². The minimum Gasteiger partial charge on any atom is -0.356 e. The molecule has 2 atom stereocenters. The van der Waals surface area contributed by atoms with Gasteiger partial charge in [-0.3, -0.25) is 4.79 Å². The molecule has 0 bridgehead atoms. The molecular formula is C12H20ClNO. The Morgan fingerprint density at radius 1 is 1.13 bits per heavy atom. The number of hydrogen-bond donors (Lipinski definition) is 1. The lowest BCUT2D eigenvalue weighted by molar-refractivity contribution is -0.127. The third-order valence-corrected chi connectivity index (χ3v) is 4.41. The third kappa shape index (κ3) is 2.87. The lowest BCUT2D eigenvalue weighted by Crippen LogP contribution is -2.39. The number of alkyl halides is 1. The van der Waals surface area contributed by atoms with Crippen LogP contribution in [0, 0.1) is 11.8 Å². The fourth-order valence-corrected chi connectivity index (χ4v) is 2.81. The van der Waals surface area contributed by atoms with Gasteiger partial charge in [0.2, 0.25) is 5.91 Å². The first-order chi connectivity index (χ1) is 7.27. The Labute approximate surface area is 96.8 Å². The highest BCUT2D eigenvalue weighted by atomic mass is 35.5. The lowest BCUT2D eigenvalue weighted by Gasteiger charge is -2.29. The maximum atomic E-state index is 11.6. The zero-order valence-electron chi connectivity index (χ0n) is 9.18. The molecule has 86 valence electrons. The Kier molecular flexibility index (Phi) is 3.90. The molecule has 15 heavy (non-hydrogen) atoms. The van der Waals surface area contributed by atoms with Gasteiger partial charge in [-0.1, -0.05) is 19.3 Å². The summed E-state index contributed by atoms with van der Waals surface area (Å²) >= 11 is 6.24. The quantitative estimate of drug-likeness (QED) is 0.741. The Hall–Kier alpha value is -0.240. The minimum atomic E-state index is 0.260. The summed E-state index contributed by atoms with van der Waals surface area (Å²) in [6.45, 7) is 0.795. The van der Waals surface area contributed by atoms with Gasteiger partial charge in [-0.15, -0.1) is 11.6 Å². The van der Waals surface area contributed by atoms with Crippen LogP contribution in [-0.2, 0) is 4.79 Å². The number of halogens is 1. The van der Waals surface area contributed by atoms with Crippen LogP contribution in [0.3, 0.4) is 0 Å². The van der Waals surface area contributed by atoms with Crippen molar-refractivity contribution in [2.45, 2.75) is 50.3 Å². The Balaban J connectivity index is 1.69. The second-order valence-electron chi connectivity index (χ2n) is 4.93. The van der Waals surface area contributed by atoms with Crippen LogP contribution in [0.4, 0.5) is 0 Å². The first-order valence-corrected chi connectivity index (χ1v) is 6.63.